The van der Waals surface area contributed by atoms with Crippen LogP contribution in [-0.4, -0.2) is 48.4 Å². The second-order valence-electron chi connectivity index (χ2n) is 6.61. The van der Waals surface area contributed by atoms with Gasteiger partial charge in [-0.15, -0.1) is 12.4 Å². The largest absolute Gasteiger partial charge is 0.481 e. The average Bonchev–Trinajstić information content (AvgIpc) is 2.69. The normalized spacial score (nSPS) is 17.2. The van der Waals surface area contributed by atoms with Gasteiger partial charge in [-0.05, 0) is 31.0 Å². The Hall–Kier alpha value is -2.08. The fraction of sp³-hybridized carbons (Fsp3) is 0.333. The molecule has 7 heteroatoms. The van der Waals surface area contributed by atoms with Gasteiger partial charge < -0.3 is 9.94 Å². The molecule has 1 saturated heterocycles. The third kappa shape index (κ3) is 5.96. The zero-order chi connectivity index (χ0) is 19.1. The number of hydrogen-bond acceptors (Lipinski definition) is 4. The highest BCUT2D eigenvalue weighted by atomic mass is 35.5. The first kappa shape index (κ1) is 22.2. The Kier molecular flexibility index (Phi) is 8.77. The summed E-state index contributed by atoms with van der Waals surface area (Å²) in [5, 5.41) is 13.9. The molecule has 0 amide bonds. The van der Waals surface area contributed by atoms with Crippen LogP contribution < -0.4 is 0 Å². The van der Waals surface area contributed by atoms with Crippen LogP contribution in [0.15, 0.2) is 53.7 Å². The molecule has 1 aliphatic heterocycles. The van der Waals surface area contributed by atoms with E-state index in [0.717, 1.165) is 36.1 Å². The van der Waals surface area contributed by atoms with Crippen LogP contribution in [-0.2, 0) is 9.63 Å². The van der Waals surface area contributed by atoms with Crippen LogP contribution >= 0.6 is 24.0 Å². The molecule has 28 heavy (non-hydrogen) atoms. The number of oxime groups is 1. The van der Waals surface area contributed by atoms with E-state index in [2.05, 4.69) is 10.1 Å². The molecule has 5 nitrogen and oxygen atoms in total. The highest BCUT2D eigenvalue weighted by molar-refractivity contribution is 6.33. The van der Waals surface area contributed by atoms with Crippen molar-refractivity contribution in [2.75, 3.05) is 26.2 Å². The third-order valence-corrected chi connectivity index (χ3v) is 5.07. The van der Waals surface area contributed by atoms with Crippen LogP contribution in [0.1, 0.15) is 18.4 Å². The van der Waals surface area contributed by atoms with E-state index in [-0.39, 0.29) is 18.3 Å². The van der Waals surface area contributed by atoms with Gasteiger partial charge >= 0.3 is 5.97 Å². The minimum Gasteiger partial charge on any atom is -0.481 e. The van der Waals surface area contributed by atoms with E-state index in [9.17, 15) is 4.79 Å². The quantitative estimate of drug-likeness (QED) is 0.403. The van der Waals surface area contributed by atoms with E-state index in [0.29, 0.717) is 24.7 Å². The number of benzene rings is 2. The minimum absolute atomic E-state index is 0. The molecule has 2 aromatic rings. The molecular formula is C21H24Cl2N2O3. The Bertz CT molecular complexity index is 814. The van der Waals surface area contributed by atoms with Crippen LogP contribution in [0.4, 0.5) is 0 Å². The molecule has 1 atom stereocenters. The number of hydrogen-bond donors (Lipinski definition) is 1. The van der Waals surface area contributed by atoms with Crippen LogP contribution in [0.2, 0.25) is 5.02 Å². The van der Waals surface area contributed by atoms with Gasteiger partial charge in [-0.2, -0.15) is 0 Å². The van der Waals surface area contributed by atoms with Crippen LogP contribution in [0.3, 0.4) is 0 Å². The Morgan fingerprint density at radius 2 is 1.93 bits per heavy atom. The minimum atomic E-state index is -0.713. The van der Waals surface area contributed by atoms with E-state index in [1.54, 1.807) is 6.21 Å². The number of nitrogens with zero attached hydrogens (tertiary/aromatic N) is 2. The van der Waals surface area contributed by atoms with Crippen molar-refractivity contribution in [2.24, 2.45) is 11.1 Å². The van der Waals surface area contributed by atoms with E-state index in [4.69, 9.17) is 21.5 Å². The summed E-state index contributed by atoms with van der Waals surface area (Å²) in [6, 6.07) is 15.6. The summed E-state index contributed by atoms with van der Waals surface area (Å²) in [5.74, 6) is -0.987. The Labute approximate surface area is 176 Å². The molecule has 1 N–H and O–H groups in total. The number of rotatable bonds is 7. The summed E-state index contributed by atoms with van der Waals surface area (Å²) in [4.78, 5) is 18.6. The van der Waals surface area contributed by atoms with Crippen molar-refractivity contribution in [3.63, 3.8) is 0 Å². The van der Waals surface area contributed by atoms with Crippen LogP contribution in [0.25, 0.3) is 11.1 Å². The first-order valence-electron chi connectivity index (χ1n) is 9.09. The smallest absolute Gasteiger partial charge is 0.307 e. The van der Waals surface area contributed by atoms with Gasteiger partial charge in [0, 0.05) is 29.2 Å². The molecule has 0 bridgehead atoms. The molecular weight excluding hydrogens is 399 g/mol. The van der Waals surface area contributed by atoms with Crippen molar-refractivity contribution in [2.45, 2.75) is 12.8 Å². The topological polar surface area (TPSA) is 62.1 Å². The number of carbonyl (C=O) groups is 1. The Morgan fingerprint density at radius 1 is 1.21 bits per heavy atom. The maximum atomic E-state index is 11.1. The fourth-order valence-electron chi connectivity index (χ4n) is 3.31. The summed E-state index contributed by atoms with van der Waals surface area (Å²) in [7, 11) is 0. The van der Waals surface area contributed by atoms with E-state index in [1.807, 2.05) is 48.5 Å². The third-order valence-electron chi connectivity index (χ3n) is 4.74. The summed E-state index contributed by atoms with van der Waals surface area (Å²) in [6.45, 7) is 2.59. The van der Waals surface area contributed by atoms with Crippen molar-refractivity contribution in [1.29, 1.82) is 0 Å². The van der Waals surface area contributed by atoms with Gasteiger partial charge in [-0.25, -0.2) is 0 Å². The van der Waals surface area contributed by atoms with Crippen LogP contribution in [0, 0.1) is 5.92 Å². The maximum absolute atomic E-state index is 11.1. The fourth-order valence-corrected chi connectivity index (χ4v) is 3.55. The monoisotopic (exact) mass is 422 g/mol. The van der Waals surface area contributed by atoms with Crippen molar-refractivity contribution >= 4 is 36.2 Å². The van der Waals surface area contributed by atoms with Crippen molar-refractivity contribution in [3.05, 3.63) is 59.1 Å². The predicted octanol–water partition coefficient (Wildman–Crippen LogP) is 4.58. The van der Waals surface area contributed by atoms with Gasteiger partial charge in [0.05, 0.1) is 12.1 Å². The lowest BCUT2D eigenvalue weighted by Gasteiger charge is -2.29. The number of piperidine rings is 1. The van der Waals surface area contributed by atoms with Crippen LogP contribution in [0.5, 0.6) is 0 Å². The van der Waals surface area contributed by atoms with Gasteiger partial charge in [0.25, 0.3) is 0 Å². The number of likely N-dealkylation sites (tertiary alicyclic amines) is 1. The summed E-state index contributed by atoms with van der Waals surface area (Å²) < 4.78 is 0. The molecule has 0 aromatic heterocycles. The summed E-state index contributed by atoms with van der Waals surface area (Å²) in [5.41, 5.74) is 2.87. The van der Waals surface area contributed by atoms with Crippen molar-refractivity contribution < 1.29 is 14.7 Å². The Balaban J connectivity index is 0.00000280. The molecule has 2 aromatic carbocycles. The molecule has 1 unspecified atom stereocenters. The second kappa shape index (κ2) is 11.1. The van der Waals surface area contributed by atoms with Crippen molar-refractivity contribution in [3.8, 4) is 11.1 Å². The zero-order valence-electron chi connectivity index (χ0n) is 15.5. The van der Waals surface area contributed by atoms with Crippen molar-refractivity contribution in [1.82, 2.24) is 4.90 Å². The zero-order valence-corrected chi connectivity index (χ0v) is 17.0. The molecule has 1 aliphatic rings. The first-order chi connectivity index (χ1) is 13.1. The summed E-state index contributed by atoms with van der Waals surface area (Å²) >= 11 is 6.31. The first-order valence-corrected chi connectivity index (χ1v) is 9.47. The lowest BCUT2D eigenvalue weighted by atomic mass is 9.98. The maximum Gasteiger partial charge on any atom is 0.307 e. The SMILES string of the molecule is Cl.O=C(O)C1CCCN(CCON=Cc2ccccc2-c2ccccc2Cl)C1. The lowest BCUT2D eigenvalue weighted by Crippen LogP contribution is -2.40. The van der Waals surface area contributed by atoms with E-state index in [1.165, 1.54) is 0 Å². The molecule has 1 fully saturated rings. The van der Waals surface area contributed by atoms with E-state index < -0.39 is 5.97 Å². The molecule has 3 rings (SSSR count). The molecule has 1 heterocycles. The second-order valence-corrected chi connectivity index (χ2v) is 7.02. The molecule has 150 valence electrons. The highest BCUT2D eigenvalue weighted by Gasteiger charge is 2.24. The molecule has 0 spiro atoms. The highest BCUT2D eigenvalue weighted by Crippen LogP contribution is 2.29. The predicted molar refractivity (Wildman–Crippen MR) is 114 cm³/mol. The molecule has 0 saturated carbocycles. The molecule has 0 aliphatic carbocycles. The number of halogens is 2. The number of aliphatic carboxylic acids is 1. The van der Waals surface area contributed by atoms with Gasteiger partial charge in [0.1, 0.15) is 6.61 Å². The Morgan fingerprint density at radius 3 is 2.68 bits per heavy atom. The lowest BCUT2D eigenvalue weighted by molar-refractivity contribution is -0.143. The van der Waals surface area contributed by atoms with E-state index >= 15 is 0 Å². The number of carboxylic acids is 1. The van der Waals surface area contributed by atoms with Gasteiger partial charge in [0.15, 0.2) is 0 Å². The molecule has 0 radical (unpaired) electrons. The van der Waals surface area contributed by atoms with Gasteiger partial charge in [-0.1, -0.05) is 59.2 Å². The summed E-state index contributed by atoms with van der Waals surface area (Å²) in [6.07, 6.45) is 3.35. The number of carboxylic acid groups (broad SMARTS) is 1. The van der Waals surface area contributed by atoms with Gasteiger partial charge in [0.2, 0.25) is 0 Å². The van der Waals surface area contributed by atoms with Gasteiger partial charge in [-0.3, -0.25) is 9.69 Å². The standard InChI is InChI=1S/C21H23ClN2O3.ClH/c22-20-10-4-3-9-19(20)18-8-2-1-6-16(18)14-23-27-13-12-24-11-5-7-17(15-24)21(25)26;/h1-4,6,8-10,14,17H,5,7,11-13,15H2,(H,25,26);1H. The average molecular weight is 423 g/mol.